The summed E-state index contributed by atoms with van der Waals surface area (Å²) in [5.74, 6) is 2.82. The second-order valence-corrected chi connectivity index (χ2v) is 7.74. The Balaban J connectivity index is 2.75. The summed E-state index contributed by atoms with van der Waals surface area (Å²) in [6.07, 6.45) is 7.51. The highest BCUT2D eigenvalue weighted by Crippen LogP contribution is 2.52. The van der Waals surface area contributed by atoms with Crippen LogP contribution < -0.4 is 0 Å². The van der Waals surface area contributed by atoms with Gasteiger partial charge in [-0.25, -0.2) is 0 Å². The maximum absolute atomic E-state index is 2.45. The molecule has 0 saturated heterocycles. The first-order chi connectivity index (χ1) is 6.49. The normalized spacial score (nSPS) is 21.0. The Kier molecular flexibility index (Phi) is 4.24. The molecule has 0 aliphatic heterocycles. The molecular weight excluding hydrogens is 184 g/mol. The van der Waals surface area contributed by atoms with Crippen molar-refractivity contribution < 1.29 is 0 Å². The van der Waals surface area contributed by atoms with E-state index in [1.165, 1.54) is 42.3 Å². The third kappa shape index (κ3) is 2.24. The van der Waals surface area contributed by atoms with E-state index in [1.807, 2.05) is 0 Å². The van der Waals surface area contributed by atoms with Gasteiger partial charge in [0, 0.05) is 10.2 Å². The van der Waals surface area contributed by atoms with E-state index in [-0.39, 0.29) is 0 Å². The Hall–Kier alpha value is 0.217. The summed E-state index contributed by atoms with van der Waals surface area (Å²) in [7, 11) is 1.38. The van der Waals surface area contributed by atoms with Crippen LogP contribution in [0, 0.1) is 17.8 Å². The van der Waals surface area contributed by atoms with Gasteiger partial charge >= 0.3 is 0 Å². The minimum Gasteiger partial charge on any atom is -0.0625 e. The lowest BCUT2D eigenvalue weighted by Crippen LogP contribution is -2.35. The van der Waals surface area contributed by atoms with E-state index in [4.69, 9.17) is 0 Å². The van der Waals surface area contributed by atoms with Crippen molar-refractivity contribution in [1.29, 1.82) is 0 Å². The topological polar surface area (TPSA) is 0 Å². The van der Waals surface area contributed by atoms with Crippen molar-refractivity contribution in [2.24, 2.45) is 17.8 Å². The van der Waals surface area contributed by atoms with Crippen molar-refractivity contribution in [1.82, 2.24) is 0 Å². The Labute approximate surface area is 93.3 Å². The standard InChI is InChI=1S/C13H28Si/c1-10(2)13(14,11(3)4)12-8-6-5-7-9-12/h10-12H,5-9H2,1-4,14H3. The van der Waals surface area contributed by atoms with Crippen molar-refractivity contribution in [3.8, 4) is 0 Å². The quantitative estimate of drug-likeness (QED) is 0.629. The molecule has 0 nitrogen and oxygen atoms in total. The fourth-order valence-electron chi connectivity index (χ4n) is 3.33. The van der Waals surface area contributed by atoms with E-state index >= 15 is 0 Å². The number of hydrogen-bond donors (Lipinski definition) is 0. The molecule has 0 bridgehead atoms. The third-order valence-electron chi connectivity index (χ3n) is 4.97. The van der Waals surface area contributed by atoms with Crippen LogP contribution in [0.2, 0.25) is 5.04 Å². The van der Waals surface area contributed by atoms with Crippen LogP contribution in [-0.4, -0.2) is 10.2 Å². The minimum atomic E-state index is 0.709. The van der Waals surface area contributed by atoms with E-state index < -0.39 is 0 Å². The van der Waals surface area contributed by atoms with Gasteiger partial charge in [-0.15, -0.1) is 0 Å². The number of rotatable bonds is 3. The van der Waals surface area contributed by atoms with Crippen molar-refractivity contribution >= 4 is 10.2 Å². The van der Waals surface area contributed by atoms with Crippen LogP contribution in [0.4, 0.5) is 0 Å². The van der Waals surface area contributed by atoms with Gasteiger partial charge in [0.1, 0.15) is 0 Å². The average molecular weight is 212 g/mol. The minimum absolute atomic E-state index is 0.709. The van der Waals surface area contributed by atoms with Crippen molar-refractivity contribution in [3.05, 3.63) is 0 Å². The molecule has 0 spiro atoms. The van der Waals surface area contributed by atoms with Gasteiger partial charge in [0.05, 0.1) is 0 Å². The Morgan fingerprint density at radius 1 is 0.929 bits per heavy atom. The zero-order chi connectivity index (χ0) is 10.8. The Morgan fingerprint density at radius 2 is 1.36 bits per heavy atom. The van der Waals surface area contributed by atoms with Gasteiger partial charge in [-0.05, 0) is 22.8 Å². The molecule has 0 atom stereocenters. The molecule has 1 heteroatoms. The molecule has 0 aromatic carbocycles. The molecule has 0 heterocycles. The third-order valence-corrected chi connectivity index (χ3v) is 8.10. The molecule has 14 heavy (non-hydrogen) atoms. The summed E-state index contributed by atoms with van der Waals surface area (Å²) in [6.45, 7) is 9.78. The fourth-order valence-corrected chi connectivity index (χ4v) is 3.91. The summed E-state index contributed by atoms with van der Waals surface area (Å²) in [4.78, 5) is 0. The van der Waals surface area contributed by atoms with Crippen LogP contribution >= 0.6 is 0 Å². The monoisotopic (exact) mass is 212 g/mol. The average Bonchev–Trinajstić information content (AvgIpc) is 2.17. The van der Waals surface area contributed by atoms with Crippen LogP contribution in [0.1, 0.15) is 59.8 Å². The molecule has 1 fully saturated rings. The summed E-state index contributed by atoms with van der Waals surface area (Å²) in [5, 5.41) is 0.709. The first kappa shape index (κ1) is 12.3. The van der Waals surface area contributed by atoms with Gasteiger partial charge < -0.3 is 0 Å². The van der Waals surface area contributed by atoms with Crippen LogP contribution in [-0.2, 0) is 0 Å². The van der Waals surface area contributed by atoms with E-state index in [0.29, 0.717) is 5.04 Å². The SMILES string of the molecule is CC(C)C([SiH3])(C(C)C)C1CCCCC1. The van der Waals surface area contributed by atoms with E-state index in [9.17, 15) is 0 Å². The van der Waals surface area contributed by atoms with E-state index in [0.717, 1.165) is 17.8 Å². The Bertz CT molecular complexity index is 158. The van der Waals surface area contributed by atoms with Crippen LogP contribution in [0.15, 0.2) is 0 Å². The molecule has 0 radical (unpaired) electrons. The molecule has 1 saturated carbocycles. The molecule has 0 unspecified atom stereocenters. The van der Waals surface area contributed by atoms with Crippen molar-refractivity contribution in [2.45, 2.75) is 64.8 Å². The molecule has 0 aromatic heterocycles. The predicted octanol–water partition coefficient (Wildman–Crippen LogP) is 3.40. The first-order valence-corrected chi connectivity index (χ1v) is 7.49. The van der Waals surface area contributed by atoms with Crippen LogP contribution in [0.3, 0.4) is 0 Å². The lowest BCUT2D eigenvalue weighted by Gasteiger charge is -2.46. The maximum atomic E-state index is 2.45. The molecule has 1 aliphatic rings. The van der Waals surface area contributed by atoms with Crippen molar-refractivity contribution in [2.75, 3.05) is 0 Å². The molecule has 0 N–H and O–H groups in total. The van der Waals surface area contributed by atoms with Gasteiger partial charge in [0.2, 0.25) is 0 Å². The molecule has 0 amide bonds. The second kappa shape index (κ2) is 4.83. The van der Waals surface area contributed by atoms with Crippen LogP contribution in [0.5, 0.6) is 0 Å². The van der Waals surface area contributed by atoms with Gasteiger partial charge in [-0.1, -0.05) is 59.8 Å². The summed E-state index contributed by atoms with van der Waals surface area (Å²) in [5.41, 5.74) is 0. The zero-order valence-electron chi connectivity index (χ0n) is 10.8. The zero-order valence-corrected chi connectivity index (χ0v) is 12.8. The highest BCUT2D eigenvalue weighted by Gasteiger charge is 2.39. The Morgan fingerprint density at radius 3 is 1.71 bits per heavy atom. The fraction of sp³-hybridized carbons (Fsp3) is 1.00. The maximum Gasteiger partial charge on any atom is 0.0117 e. The summed E-state index contributed by atoms with van der Waals surface area (Å²) < 4.78 is 0. The molecule has 84 valence electrons. The molecule has 1 rings (SSSR count). The van der Waals surface area contributed by atoms with E-state index in [1.54, 1.807) is 0 Å². The predicted molar refractivity (Wildman–Crippen MR) is 68.9 cm³/mol. The molecule has 1 aliphatic carbocycles. The highest BCUT2D eigenvalue weighted by molar-refractivity contribution is 6.15. The summed E-state index contributed by atoms with van der Waals surface area (Å²) in [6, 6.07) is 0. The van der Waals surface area contributed by atoms with Gasteiger partial charge in [0.25, 0.3) is 0 Å². The first-order valence-electron chi connectivity index (χ1n) is 6.49. The van der Waals surface area contributed by atoms with Gasteiger partial charge in [-0.3, -0.25) is 0 Å². The highest BCUT2D eigenvalue weighted by atomic mass is 28.1. The largest absolute Gasteiger partial charge is 0.0625 e. The van der Waals surface area contributed by atoms with Gasteiger partial charge in [-0.2, -0.15) is 0 Å². The smallest absolute Gasteiger partial charge is 0.0117 e. The molecular formula is C13H28Si. The van der Waals surface area contributed by atoms with Crippen LogP contribution in [0.25, 0.3) is 0 Å². The summed E-state index contributed by atoms with van der Waals surface area (Å²) >= 11 is 0. The second-order valence-electron chi connectivity index (χ2n) is 6.01. The lowest BCUT2D eigenvalue weighted by atomic mass is 9.69. The van der Waals surface area contributed by atoms with E-state index in [2.05, 4.69) is 27.7 Å². The lowest BCUT2D eigenvalue weighted by molar-refractivity contribution is 0.165. The number of hydrogen-bond acceptors (Lipinski definition) is 0. The van der Waals surface area contributed by atoms with Crippen molar-refractivity contribution in [3.63, 3.8) is 0 Å². The molecule has 0 aromatic rings. The van der Waals surface area contributed by atoms with Gasteiger partial charge in [0.15, 0.2) is 0 Å².